The van der Waals surface area contributed by atoms with Crippen molar-refractivity contribution in [2.75, 3.05) is 26.7 Å². The second-order valence-electron chi connectivity index (χ2n) is 9.71. The number of phenols is 1. The van der Waals surface area contributed by atoms with Gasteiger partial charge in [-0.3, -0.25) is 14.3 Å². The predicted molar refractivity (Wildman–Crippen MR) is 141 cm³/mol. The number of amides is 1. The van der Waals surface area contributed by atoms with Crippen molar-refractivity contribution >= 4 is 5.91 Å². The molecule has 0 bridgehead atoms. The first-order valence-corrected chi connectivity index (χ1v) is 12.9. The van der Waals surface area contributed by atoms with Crippen LogP contribution in [0.2, 0.25) is 0 Å². The molecule has 1 aliphatic rings. The first-order valence-electron chi connectivity index (χ1n) is 12.9. The molecule has 0 unspecified atom stereocenters. The summed E-state index contributed by atoms with van der Waals surface area (Å²) in [4.78, 5) is 15.5. The van der Waals surface area contributed by atoms with Gasteiger partial charge in [0.1, 0.15) is 11.5 Å². The van der Waals surface area contributed by atoms with E-state index in [1.165, 1.54) is 24.8 Å². The van der Waals surface area contributed by atoms with Crippen LogP contribution in [-0.4, -0.2) is 57.4 Å². The Morgan fingerprint density at radius 3 is 2.47 bits per heavy atom. The quantitative estimate of drug-likeness (QED) is 0.442. The maximum absolute atomic E-state index is 13.0. The molecule has 0 spiro atoms. The number of carbonyl (C=O) groups is 1. The highest BCUT2D eigenvalue weighted by atomic mass is 16.5. The van der Waals surface area contributed by atoms with Gasteiger partial charge in [0.2, 0.25) is 5.82 Å². The van der Waals surface area contributed by atoms with E-state index in [-0.39, 0.29) is 23.4 Å². The van der Waals surface area contributed by atoms with E-state index in [0.717, 1.165) is 37.3 Å². The van der Waals surface area contributed by atoms with Gasteiger partial charge in [0.25, 0.3) is 5.91 Å². The number of phenolic OH excluding ortho intramolecular Hbond substituents is 1. The maximum atomic E-state index is 13.0. The van der Waals surface area contributed by atoms with Gasteiger partial charge in [-0.1, -0.05) is 39.3 Å². The summed E-state index contributed by atoms with van der Waals surface area (Å²) in [5, 5.41) is 22.4. The number of nitrogens with zero attached hydrogens (tertiary/aromatic N) is 4. The number of aromatic hydroxyl groups is 1. The van der Waals surface area contributed by atoms with E-state index >= 15 is 0 Å². The third kappa shape index (κ3) is 5.54. The van der Waals surface area contributed by atoms with Crippen molar-refractivity contribution < 1.29 is 14.6 Å². The third-order valence-corrected chi connectivity index (χ3v) is 6.66. The topological polar surface area (TPSA) is 92.5 Å². The molecule has 1 aliphatic heterocycles. The Labute approximate surface area is 213 Å². The number of aromatic nitrogens is 3. The van der Waals surface area contributed by atoms with Crippen molar-refractivity contribution in [3.63, 3.8) is 0 Å². The molecule has 0 radical (unpaired) electrons. The molecule has 1 amide bonds. The third-order valence-electron chi connectivity index (χ3n) is 6.66. The first-order chi connectivity index (χ1) is 17.4. The molecule has 2 heterocycles. The van der Waals surface area contributed by atoms with Crippen molar-refractivity contribution in [3.8, 4) is 28.6 Å². The average Bonchev–Trinajstić information content (AvgIpc) is 3.33. The average molecular weight is 492 g/mol. The Bertz CT molecular complexity index is 1180. The molecule has 1 aromatic heterocycles. The van der Waals surface area contributed by atoms with Crippen LogP contribution >= 0.6 is 0 Å². The van der Waals surface area contributed by atoms with Crippen molar-refractivity contribution in [2.45, 2.75) is 58.9 Å². The Hall–Kier alpha value is -3.39. The van der Waals surface area contributed by atoms with E-state index in [4.69, 9.17) is 4.74 Å². The molecule has 3 aromatic rings. The van der Waals surface area contributed by atoms with Crippen LogP contribution in [0.25, 0.3) is 17.1 Å². The summed E-state index contributed by atoms with van der Waals surface area (Å²) in [6, 6.07) is 11.6. The van der Waals surface area contributed by atoms with Gasteiger partial charge in [0.15, 0.2) is 5.82 Å². The summed E-state index contributed by atoms with van der Waals surface area (Å²) >= 11 is 0. The zero-order valence-corrected chi connectivity index (χ0v) is 21.8. The second-order valence-corrected chi connectivity index (χ2v) is 9.71. The molecule has 1 fully saturated rings. The van der Waals surface area contributed by atoms with Crippen LogP contribution in [0.4, 0.5) is 0 Å². The fraction of sp³-hybridized carbons (Fsp3) is 0.464. The van der Waals surface area contributed by atoms with Gasteiger partial charge in [0.05, 0.1) is 12.7 Å². The van der Waals surface area contributed by atoms with Crippen LogP contribution < -0.4 is 10.1 Å². The van der Waals surface area contributed by atoms with E-state index in [2.05, 4.69) is 46.4 Å². The van der Waals surface area contributed by atoms with Crippen LogP contribution in [0.15, 0.2) is 36.4 Å². The number of carbonyl (C=O) groups excluding carboxylic acids is 1. The highest BCUT2D eigenvalue weighted by Crippen LogP contribution is 2.38. The maximum Gasteiger partial charge on any atom is 0.289 e. The molecule has 2 N–H and O–H groups in total. The zero-order valence-electron chi connectivity index (χ0n) is 21.8. The Morgan fingerprint density at radius 1 is 1.11 bits per heavy atom. The standard InChI is InChI=1S/C28H37N5O3/c1-5-13-29-28(35)27-31-30-26(23-16-22(19(2)3)25(36-4)17-24(23)34)33(27)21-11-9-20(10-12-21)18-32-14-7-6-8-15-32/h9-12,16-17,19,34H,5-8,13-15,18H2,1-4H3,(H,29,35). The summed E-state index contributed by atoms with van der Waals surface area (Å²) in [5.74, 6) is 1.08. The van der Waals surface area contributed by atoms with Gasteiger partial charge in [-0.15, -0.1) is 10.2 Å². The summed E-state index contributed by atoms with van der Waals surface area (Å²) in [6.07, 6.45) is 4.63. The summed E-state index contributed by atoms with van der Waals surface area (Å²) in [5.41, 5.74) is 3.43. The normalized spacial score (nSPS) is 14.2. The number of likely N-dealkylation sites (tertiary alicyclic amines) is 1. The van der Waals surface area contributed by atoms with E-state index in [0.29, 0.717) is 23.7 Å². The Kier molecular flexibility index (Phi) is 8.25. The number of hydrogen-bond donors (Lipinski definition) is 2. The Balaban J connectivity index is 1.76. The van der Waals surface area contributed by atoms with E-state index in [1.54, 1.807) is 17.7 Å². The molecule has 192 valence electrons. The summed E-state index contributed by atoms with van der Waals surface area (Å²) < 4.78 is 7.21. The van der Waals surface area contributed by atoms with Gasteiger partial charge in [-0.25, -0.2) is 0 Å². The number of ether oxygens (including phenoxy) is 1. The number of methoxy groups -OCH3 is 1. The molecule has 0 aliphatic carbocycles. The van der Waals surface area contributed by atoms with Gasteiger partial charge in [-0.2, -0.15) is 0 Å². The lowest BCUT2D eigenvalue weighted by atomic mass is 9.98. The van der Waals surface area contributed by atoms with Gasteiger partial charge in [-0.05, 0) is 67.6 Å². The molecule has 0 atom stereocenters. The molecule has 4 rings (SSSR count). The number of hydrogen-bond acceptors (Lipinski definition) is 6. The smallest absolute Gasteiger partial charge is 0.289 e. The van der Waals surface area contributed by atoms with Crippen molar-refractivity contribution in [1.82, 2.24) is 25.0 Å². The molecule has 8 heteroatoms. The first kappa shape index (κ1) is 25.7. The SMILES string of the molecule is CCCNC(=O)c1nnc(-c2cc(C(C)C)c(OC)cc2O)n1-c1ccc(CN2CCCCC2)cc1. The summed E-state index contributed by atoms with van der Waals surface area (Å²) in [7, 11) is 1.59. The van der Waals surface area contributed by atoms with Crippen LogP contribution in [0, 0.1) is 0 Å². The largest absolute Gasteiger partial charge is 0.507 e. The molecular weight excluding hydrogens is 454 g/mol. The summed E-state index contributed by atoms with van der Waals surface area (Å²) in [6.45, 7) is 9.85. The number of nitrogens with one attached hydrogen (secondary N) is 1. The molecule has 8 nitrogen and oxygen atoms in total. The van der Waals surface area contributed by atoms with E-state index in [9.17, 15) is 9.90 Å². The van der Waals surface area contributed by atoms with Crippen molar-refractivity contribution in [3.05, 3.63) is 53.3 Å². The van der Waals surface area contributed by atoms with E-state index < -0.39 is 0 Å². The van der Waals surface area contributed by atoms with Crippen LogP contribution in [-0.2, 0) is 6.54 Å². The lowest BCUT2D eigenvalue weighted by molar-refractivity contribution is 0.0941. The fourth-order valence-corrected chi connectivity index (χ4v) is 4.69. The molecule has 36 heavy (non-hydrogen) atoms. The van der Waals surface area contributed by atoms with Crippen molar-refractivity contribution in [2.24, 2.45) is 0 Å². The van der Waals surface area contributed by atoms with Crippen LogP contribution in [0.1, 0.15) is 74.1 Å². The number of benzene rings is 2. The van der Waals surface area contributed by atoms with Gasteiger partial charge >= 0.3 is 0 Å². The minimum Gasteiger partial charge on any atom is -0.507 e. The highest BCUT2D eigenvalue weighted by molar-refractivity contribution is 5.92. The predicted octanol–water partition coefficient (Wildman–Crippen LogP) is 4.90. The number of piperidine rings is 1. The minimum atomic E-state index is -0.301. The Morgan fingerprint density at radius 2 is 1.83 bits per heavy atom. The van der Waals surface area contributed by atoms with Crippen molar-refractivity contribution in [1.29, 1.82) is 0 Å². The molecule has 2 aromatic carbocycles. The fourth-order valence-electron chi connectivity index (χ4n) is 4.69. The van der Waals surface area contributed by atoms with Gasteiger partial charge < -0.3 is 15.2 Å². The lowest BCUT2D eigenvalue weighted by Crippen LogP contribution is -2.29. The number of rotatable bonds is 9. The molecular formula is C28H37N5O3. The van der Waals surface area contributed by atoms with Crippen LogP contribution in [0.3, 0.4) is 0 Å². The van der Waals surface area contributed by atoms with E-state index in [1.807, 2.05) is 25.1 Å². The highest BCUT2D eigenvalue weighted by Gasteiger charge is 2.24. The minimum absolute atomic E-state index is 0.0205. The van der Waals surface area contributed by atoms with Crippen LogP contribution in [0.5, 0.6) is 11.5 Å². The lowest BCUT2D eigenvalue weighted by Gasteiger charge is -2.26. The molecule has 1 saturated heterocycles. The monoisotopic (exact) mass is 491 g/mol. The molecule has 0 saturated carbocycles. The van der Waals surface area contributed by atoms with Gasteiger partial charge in [0, 0.05) is 24.8 Å². The zero-order chi connectivity index (χ0) is 25.7. The second kappa shape index (κ2) is 11.6.